The molecule has 1 heterocycles. The van der Waals surface area contributed by atoms with E-state index in [1.807, 2.05) is 6.07 Å². The van der Waals surface area contributed by atoms with Crippen LogP contribution in [-0.2, 0) is 4.74 Å². The number of hydrogen-bond donors (Lipinski definition) is 0. The maximum Gasteiger partial charge on any atom is 0.652 e. The largest absolute Gasteiger partial charge is 0.652 e. The van der Waals surface area contributed by atoms with Gasteiger partial charge in [0.2, 0.25) is 0 Å². The van der Waals surface area contributed by atoms with Crippen molar-refractivity contribution in [2.75, 3.05) is 13.7 Å². The van der Waals surface area contributed by atoms with Gasteiger partial charge in [-0.3, -0.25) is 0 Å². The predicted octanol–water partition coefficient (Wildman–Crippen LogP) is 2.67. The van der Waals surface area contributed by atoms with Crippen LogP contribution in [-0.4, -0.2) is 40.7 Å². The van der Waals surface area contributed by atoms with Crippen molar-refractivity contribution in [1.82, 2.24) is 0 Å². The number of rotatable bonds is 2. The Morgan fingerprint density at radius 1 is 1.47 bits per heavy atom. The molecule has 1 fully saturated rings. The highest BCUT2D eigenvalue weighted by molar-refractivity contribution is 8.93. The molecule has 0 amide bonds. The molecule has 0 radical (unpaired) electrons. The Kier molecular flexibility index (Phi) is 10.2. The fourth-order valence-corrected chi connectivity index (χ4v) is 2.00. The summed E-state index contributed by atoms with van der Waals surface area (Å²) in [5.74, 6) is 0.739. The Balaban J connectivity index is 0.000000316. The second-order valence-electron chi connectivity index (χ2n) is 3.81. The van der Waals surface area contributed by atoms with Crippen LogP contribution in [0.1, 0.15) is 19.8 Å². The van der Waals surface area contributed by atoms with Gasteiger partial charge in [-0.2, -0.15) is 0 Å². The van der Waals surface area contributed by atoms with Crippen molar-refractivity contribution < 1.29 is 12.4 Å². The maximum atomic E-state index is 12.1. The zero-order valence-electron chi connectivity index (χ0n) is 10.3. The van der Waals surface area contributed by atoms with Gasteiger partial charge in [0, 0.05) is 6.61 Å². The molecule has 17 heavy (non-hydrogen) atoms. The quantitative estimate of drug-likeness (QED) is 0.781. The van der Waals surface area contributed by atoms with Crippen LogP contribution in [0, 0.1) is 0 Å². The molecule has 1 aromatic rings. The van der Waals surface area contributed by atoms with Gasteiger partial charge in [0.15, 0.2) is 0 Å². The van der Waals surface area contributed by atoms with Gasteiger partial charge in [0.1, 0.15) is 5.75 Å². The van der Waals surface area contributed by atoms with E-state index in [2.05, 4.69) is 6.92 Å². The standard InChI is InChI=1S/C7H7O.C5H10O.BrH.FH.Mg/c1-8-7-5-3-2-4-6-7;1-5-3-2-4-6-5;;;/h2-3,5-6H,1H3;5H,2-4H2,1H3;2*1H;/q;;;;+1/p-1. The van der Waals surface area contributed by atoms with E-state index < -0.39 is 20.9 Å². The molecular weight excluding hydrogens is 299 g/mol. The van der Waals surface area contributed by atoms with Gasteiger partial charge in [-0.25, -0.2) is 0 Å². The first-order chi connectivity index (χ1) is 7.76. The van der Waals surface area contributed by atoms with Crippen LogP contribution in [0.5, 0.6) is 5.75 Å². The van der Waals surface area contributed by atoms with Gasteiger partial charge in [-0.1, -0.05) is 12.1 Å². The van der Waals surface area contributed by atoms with Crippen molar-refractivity contribution in [3.05, 3.63) is 24.3 Å². The molecule has 2 rings (SSSR count). The van der Waals surface area contributed by atoms with Gasteiger partial charge in [0.05, 0.1) is 13.2 Å². The van der Waals surface area contributed by atoms with Gasteiger partial charge in [-0.15, -0.1) is 20.7 Å². The lowest BCUT2D eigenvalue weighted by Gasteiger charge is -1.99. The highest BCUT2D eigenvalue weighted by Gasteiger charge is 2.07. The molecule has 1 atom stereocenters. The van der Waals surface area contributed by atoms with Gasteiger partial charge >= 0.3 is 20.9 Å². The van der Waals surface area contributed by atoms with E-state index in [9.17, 15) is 2.96 Å². The van der Waals surface area contributed by atoms with Crippen molar-refractivity contribution in [3.63, 3.8) is 0 Å². The molecule has 0 saturated carbocycles. The summed E-state index contributed by atoms with van der Waals surface area (Å²) < 4.78 is 23.0. The van der Waals surface area contributed by atoms with E-state index in [0.717, 1.165) is 16.0 Å². The van der Waals surface area contributed by atoms with Crippen molar-refractivity contribution in [2.45, 2.75) is 25.9 Å². The van der Waals surface area contributed by atoms with Crippen LogP contribution in [0.25, 0.3) is 0 Å². The topological polar surface area (TPSA) is 18.5 Å². The molecule has 1 aromatic carbocycles. The van der Waals surface area contributed by atoms with E-state index in [0.29, 0.717) is 6.10 Å². The third-order valence-corrected chi connectivity index (χ3v) is 3.19. The molecule has 1 aliphatic rings. The van der Waals surface area contributed by atoms with Crippen LogP contribution in [0.4, 0.5) is 2.96 Å². The lowest BCUT2D eigenvalue weighted by molar-refractivity contribution is 0.125. The van der Waals surface area contributed by atoms with Crippen molar-refractivity contribution >= 4 is 41.6 Å². The normalized spacial score (nSPS) is 17.2. The van der Waals surface area contributed by atoms with Crippen LogP contribution in [0.3, 0.4) is 0 Å². The number of methoxy groups -OCH3 is 1. The first kappa shape index (κ1) is 17.2. The van der Waals surface area contributed by atoms with Crippen molar-refractivity contribution in [1.29, 1.82) is 0 Å². The van der Waals surface area contributed by atoms with Gasteiger partial charge in [0.25, 0.3) is 0 Å². The fourth-order valence-electron chi connectivity index (χ4n) is 1.49. The van der Waals surface area contributed by atoms with Gasteiger partial charge < -0.3 is 12.4 Å². The molecule has 0 aromatic heterocycles. The zero-order chi connectivity index (χ0) is 11.8. The smallest absolute Gasteiger partial charge is 0.497 e. The molecule has 1 saturated heterocycles. The SMILES string of the molecule is Br.CC1CCCO1.COc1ccc[c]([Mg][F])c1. The lowest BCUT2D eigenvalue weighted by atomic mass is 10.3. The summed E-state index contributed by atoms with van der Waals surface area (Å²) in [6.45, 7) is 3.11. The van der Waals surface area contributed by atoms with E-state index >= 15 is 0 Å². The minimum absolute atomic E-state index is 0. The molecule has 2 nitrogen and oxygen atoms in total. The summed E-state index contributed by atoms with van der Waals surface area (Å²) >= 11 is -1.52. The van der Waals surface area contributed by atoms with Gasteiger partial charge in [-0.05, 0) is 31.9 Å². The molecule has 0 N–H and O–H groups in total. The summed E-state index contributed by atoms with van der Waals surface area (Å²) in [5.41, 5.74) is 0. The minimum atomic E-state index is -1.52. The number of benzene rings is 1. The monoisotopic (exact) mass is 316 g/mol. The first-order valence-corrected chi connectivity index (χ1v) is 6.81. The van der Waals surface area contributed by atoms with Crippen LogP contribution in [0.2, 0.25) is 0 Å². The molecule has 94 valence electrons. The third-order valence-electron chi connectivity index (χ3n) is 2.45. The van der Waals surface area contributed by atoms with Crippen molar-refractivity contribution in [2.24, 2.45) is 0 Å². The highest BCUT2D eigenvalue weighted by Crippen LogP contribution is 2.09. The Labute approximate surface area is 123 Å². The average molecular weight is 317 g/mol. The summed E-state index contributed by atoms with van der Waals surface area (Å²) in [6, 6.07) is 7.15. The highest BCUT2D eigenvalue weighted by atomic mass is 79.9. The summed E-state index contributed by atoms with van der Waals surface area (Å²) in [4.78, 5) is 0. The number of hydrogen-bond acceptors (Lipinski definition) is 2. The Morgan fingerprint density at radius 3 is 2.65 bits per heavy atom. The van der Waals surface area contributed by atoms with Crippen LogP contribution >= 0.6 is 17.0 Å². The summed E-state index contributed by atoms with van der Waals surface area (Å²) in [7, 11) is 1.58. The molecule has 0 spiro atoms. The van der Waals surface area contributed by atoms with E-state index in [1.165, 1.54) is 12.8 Å². The third kappa shape index (κ3) is 7.23. The Morgan fingerprint density at radius 2 is 2.24 bits per heavy atom. The first-order valence-electron chi connectivity index (χ1n) is 5.56. The summed E-state index contributed by atoms with van der Waals surface area (Å²) in [6.07, 6.45) is 3.08. The van der Waals surface area contributed by atoms with Crippen LogP contribution in [0.15, 0.2) is 24.3 Å². The molecule has 1 aliphatic heterocycles. The van der Waals surface area contributed by atoms with Crippen LogP contribution < -0.4 is 8.43 Å². The van der Waals surface area contributed by atoms with E-state index in [4.69, 9.17) is 9.47 Å². The number of ether oxygens (including phenoxy) is 2. The average Bonchev–Trinajstić information content (AvgIpc) is 2.81. The molecule has 0 bridgehead atoms. The summed E-state index contributed by atoms with van der Waals surface area (Å²) in [5, 5.41) is 0. The maximum absolute atomic E-state index is 12.1. The zero-order valence-corrected chi connectivity index (χ0v) is 13.4. The molecule has 1 unspecified atom stereocenters. The Bertz CT molecular complexity index is 287. The van der Waals surface area contributed by atoms with Crippen molar-refractivity contribution in [3.8, 4) is 5.75 Å². The van der Waals surface area contributed by atoms with E-state index in [1.54, 1.807) is 25.3 Å². The minimum Gasteiger partial charge on any atom is -0.497 e. The number of halogens is 2. The van der Waals surface area contributed by atoms with E-state index in [-0.39, 0.29) is 17.0 Å². The second-order valence-corrected chi connectivity index (χ2v) is 4.89. The predicted molar refractivity (Wildman–Crippen MR) is 74.5 cm³/mol. The Hall–Kier alpha value is 0.156. The second kappa shape index (κ2) is 10.1. The molecular formula is C12H18BrFMgO2. The molecule has 0 aliphatic carbocycles. The fraction of sp³-hybridized carbons (Fsp3) is 0.500. The lowest BCUT2D eigenvalue weighted by Crippen LogP contribution is -2.08. The molecule has 5 heteroatoms.